The fourth-order valence-electron chi connectivity index (χ4n) is 1.33. The van der Waals surface area contributed by atoms with Crippen LogP contribution in [0, 0.1) is 13.8 Å². The smallest absolute Gasteiger partial charge is 0.488 e. The molecule has 0 fully saturated rings. The Morgan fingerprint density at radius 2 is 1.85 bits per heavy atom. The van der Waals surface area contributed by atoms with Crippen LogP contribution in [0.2, 0.25) is 0 Å². The van der Waals surface area contributed by atoms with Crippen molar-refractivity contribution in [1.82, 2.24) is 0 Å². The third-order valence-corrected chi connectivity index (χ3v) is 2.04. The van der Waals surface area contributed by atoms with Crippen molar-refractivity contribution in [1.29, 1.82) is 0 Å². The van der Waals surface area contributed by atoms with E-state index in [-0.39, 0.29) is 0 Å². The Bertz CT molecular complexity index is 310. The number of benzene rings is 1. The van der Waals surface area contributed by atoms with Gasteiger partial charge in [-0.3, -0.25) is 0 Å². The van der Waals surface area contributed by atoms with E-state index in [1.54, 1.807) is 20.1 Å². The summed E-state index contributed by atoms with van der Waals surface area (Å²) in [6.07, 6.45) is 0. The number of hydrogen-bond acceptors (Lipinski definition) is 3. The molecule has 1 rings (SSSR count). The molecule has 0 spiro atoms. The molecule has 1 aromatic carbocycles. The van der Waals surface area contributed by atoms with E-state index in [1.165, 1.54) is 0 Å². The summed E-state index contributed by atoms with van der Waals surface area (Å²) >= 11 is 0. The first-order chi connectivity index (χ1) is 6.06. The first-order valence-electron chi connectivity index (χ1n) is 4.07. The highest BCUT2D eigenvalue weighted by Gasteiger charge is 2.16. The standard InChI is InChI=1S/C9H13BO3/c1-6-4-8(10(11)12)7(2)9(5-6)13-3/h4-5,11-12H,1-3H3. The fourth-order valence-corrected chi connectivity index (χ4v) is 1.33. The van der Waals surface area contributed by atoms with Crippen LogP contribution in [0.4, 0.5) is 0 Å². The van der Waals surface area contributed by atoms with E-state index in [0.717, 1.165) is 11.1 Å². The highest BCUT2D eigenvalue weighted by atomic mass is 16.5. The normalized spacial score (nSPS) is 9.92. The summed E-state index contributed by atoms with van der Waals surface area (Å²) in [6.45, 7) is 3.68. The molecule has 0 bridgehead atoms. The summed E-state index contributed by atoms with van der Waals surface area (Å²) in [5.41, 5.74) is 2.21. The molecule has 0 aromatic heterocycles. The van der Waals surface area contributed by atoms with Crippen LogP contribution in [0.1, 0.15) is 11.1 Å². The molecule has 0 unspecified atom stereocenters. The summed E-state index contributed by atoms with van der Waals surface area (Å²) in [4.78, 5) is 0. The van der Waals surface area contributed by atoms with Crippen molar-refractivity contribution < 1.29 is 14.8 Å². The van der Waals surface area contributed by atoms with E-state index < -0.39 is 7.12 Å². The highest BCUT2D eigenvalue weighted by molar-refractivity contribution is 6.59. The van der Waals surface area contributed by atoms with Crippen LogP contribution in [0.15, 0.2) is 12.1 Å². The van der Waals surface area contributed by atoms with Gasteiger partial charge in [-0.25, -0.2) is 0 Å². The molecule has 3 nitrogen and oxygen atoms in total. The third-order valence-electron chi connectivity index (χ3n) is 2.04. The summed E-state index contributed by atoms with van der Waals surface area (Å²) in [5.74, 6) is 0.683. The first kappa shape index (κ1) is 10.1. The fraction of sp³-hybridized carbons (Fsp3) is 0.333. The lowest BCUT2D eigenvalue weighted by molar-refractivity contribution is 0.408. The third kappa shape index (κ3) is 2.02. The molecular weight excluding hydrogens is 167 g/mol. The minimum absolute atomic E-state index is 0.497. The molecule has 0 radical (unpaired) electrons. The lowest BCUT2D eigenvalue weighted by Gasteiger charge is -2.11. The zero-order valence-electron chi connectivity index (χ0n) is 8.03. The van der Waals surface area contributed by atoms with Crippen molar-refractivity contribution in [3.05, 3.63) is 23.3 Å². The number of aryl methyl sites for hydroxylation is 1. The van der Waals surface area contributed by atoms with Crippen molar-refractivity contribution in [3.63, 3.8) is 0 Å². The van der Waals surface area contributed by atoms with Gasteiger partial charge in [0.2, 0.25) is 0 Å². The van der Waals surface area contributed by atoms with Gasteiger partial charge in [-0.2, -0.15) is 0 Å². The van der Waals surface area contributed by atoms with Gasteiger partial charge in [0.25, 0.3) is 0 Å². The van der Waals surface area contributed by atoms with Crippen molar-refractivity contribution in [2.45, 2.75) is 13.8 Å². The molecule has 2 N–H and O–H groups in total. The van der Waals surface area contributed by atoms with E-state index in [4.69, 9.17) is 14.8 Å². The molecule has 4 heteroatoms. The van der Waals surface area contributed by atoms with E-state index in [1.807, 2.05) is 13.0 Å². The molecule has 0 amide bonds. The maximum atomic E-state index is 9.05. The Kier molecular flexibility index (Phi) is 2.96. The highest BCUT2D eigenvalue weighted by Crippen LogP contribution is 2.16. The molecule has 0 heterocycles. The predicted molar refractivity (Wildman–Crippen MR) is 52.3 cm³/mol. The largest absolute Gasteiger partial charge is 0.496 e. The Balaban J connectivity index is 3.27. The van der Waals surface area contributed by atoms with Gasteiger partial charge in [-0.05, 0) is 36.5 Å². The maximum absolute atomic E-state index is 9.05. The molecule has 13 heavy (non-hydrogen) atoms. The molecule has 0 aliphatic carbocycles. The molecule has 0 aliphatic heterocycles. The van der Waals surface area contributed by atoms with Crippen molar-refractivity contribution in [2.75, 3.05) is 7.11 Å². The summed E-state index contributed by atoms with van der Waals surface area (Å²) in [6, 6.07) is 3.60. The van der Waals surface area contributed by atoms with Crippen LogP contribution in [-0.4, -0.2) is 24.3 Å². The second kappa shape index (κ2) is 3.81. The average Bonchev–Trinajstić information content (AvgIpc) is 2.08. The van der Waals surface area contributed by atoms with E-state index in [9.17, 15) is 0 Å². The second-order valence-corrected chi connectivity index (χ2v) is 3.06. The van der Waals surface area contributed by atoms with Crippen LogP contribution in [0.25, 0.3) is 0 Å². The van der Waals surface area contributed by atoms with Gasteiger partial charge in [-0.15, -0.1) is 0 Å². The summed E-state index contributed by atoms with van der Waals surface area (Å²) in [7, 11) is 0.128. The second-order valence-electron chi connectivity index (χ2n) is 3.06. The summed E-state index contributed by atoms with van der Waals surface area (Å²) < 4.78 is 5.09. The Hall–Kier alpha value is -0.995. The van der Waals surface area contributed by atoms with Gasteiger partial charge < -0.3 is 14.8 Å². The molecule has 1 aromatic rings. The van der Waals surface area contributed by atoms with E-state index >= 15 is 0 Å². The van der Waals surface area contributed by atoms with Gasteiger partial charge in [0.05, 0.1) is 7.11 Å². The van der Waals surface area contributed by atoms with Crippen molar-refractivity contribution >= 4 is 12.6 Å². The Morgan fingerprint density at radius 1 is 1.23 bits per heavy atom. The first-order valence-corrected chi connectivity index (χ1v) is 4.07. The van der Waals surface area contributed by atoms with Crippen molar-refractivity contribution in [2.24, 2.45) is 0 Å². The van der Waals surface area contributed by atoms with E-state index in [0.29, 0.717) is 11.2 Å². The maximum Gasteiger partial charge on any atom is 0.488 e. The predicted octanol–water partition coefficient (Wildman–Crippen LogP) is -0.00816. The minimum atomic E-state index is -1.44. The lowest BCUT2D eigenvalue weighted by Crippen LogP contribution is -2.32. The van der Waals surface area contributed by atoms with Crippen LogP contribution in [0.5, 0.6) is 5.75 Å². The topological polar surface area (TPSA) is 49.7 Å². The van der Waals surface area contributed by atoms with Crippen LogP contribution in [0.3, 0.4) is 0 Å². The minimum Gasteiger partial charge on any atom is -0.496 e. The Morgan fingerprint density at radius 3 is 2.31 bits per heavy atom. The lowest BCUT2D eigenvalue weighted by atomic mass is 9.76. The molecule has 70 valence electrons. The average molecular weight is 180 g/mol. The summed E-state index contributed by atoms with van der Waals surface area (Å²) in [5, 5.41) is 18.1. The van der Waals surface area contributed by atoms with Gasteiger partial charge in [0.15, 0.2) is 0 Å². The van der Waals surface area contributed by atoms with Gasteiger partial charge in [0.1, 0.15) is 5.75 Å². The van der Waals surface area contributed by atoms with Gasteiger partial charge in [0, 0.05) is 0 Å². The van der Waals surface area contributed by atoms with Crippen LogP contribution in [-0.2, 0) is 0 Å². The molecule has 0 saturated heterocycles. The van der Waals surface area contributed by atoms with Crippen LogP contribution < -0.4 is 10.2 Å². The van der Waals surface area contributed by atoms with E-state index in [2.05, 4.69) is 0 Å². The van der Waals surface area contributed by atoms with Crippen LogP contribution >= 0.6 is 0 Å². The number of rotatable bonds is 2. The molecular formula is C9H13BO3. The number of methoxy groups -OCH3 is 1. The molecule has 0 saturated carbocycles. The molecule has 0 atom stereocenters. The van der Waals surface area contributed by atoms with Gasteiger partial charge in [-0.1, -0.05) is 6.07 Å². The zero-order chi connectivity index (χ0) is 10.0. The van der Waals surface area contributed by atoms with Crippen molar-refractivity contribution in [3.8, 4) is 5.75 Å². The zero-order valence-corrected chi connectivity index (χ0v) is 8.03. The number of ether oxygens (including phenoxy) is 1. The monoisotopic (exact) mass is 180 g/mol. The number of hydrogen-bond donors (Lipinski definition) is 2. The quantitative estimate of drug-likeness (QED) is 0.629. The molecule has 0 aliphatic rings. The van der Waals surface area contributed by atoms with Gasteiger partial charge >= 0.3 is 7.12 Å². The Labute approximate surface area is 78.1 Å². The SMILES string of the molecule is COc1cc(C)cc(B(O)O)c1C.